The van der Waals surface area contributed by atoms with Gasteiger partial charge in [-0.05, 0) is 68.6 Å². The number of aryl methyl sites for hydroxylation is 1. The van der Waals surface area contributed by atoms with E-state index in [2.05, 4.69) is 37.2 Å². The Balaban J connectivity index is 2.26. The number of hydrogen-bond acceptors (Lipinski definition) is 1. The molecule has 0 saturated heterocycles. The minimum atomic E-state index is -0.462. The third kappa shape index (κ3) is 3.22. The van der Waals surface area contributed by atoms with Crippen LogP contribution in [0.15, 0.2) is 45.3 Å². The highest BCUT2D eigenvalue weighted by Gasteiger charge is 2.11. The maximum Gasteiger partial charge on any atom is 0.255 e. The molecule has 1 amide bonds. The molecule has 0 atom stereocenters. The van der Waals surface area contributed by atoms with E-state index in [0.29, 0.717) is 10.2 Å². The number of carbonyl (C=O) groups excluding carboxylic acids is 1. The van der Waals surface area contributed by atoms with Gasteiger partial charge in [-0.15, -0.1) is 0 Å². The van der Waals surface area contributed by atoms with Crippen LogP contribution in [0.5, 0.6) is 0 Å². The highest BCUT2D eigenvalue weighted by atomic mass is 79.9. The molecule has 2 nitrogen and oxygen atoms in total. The van der Waals surface area contributed by atoms with Gasteiger partial charge in [0.05, 0.1) is 10.2 Å². The van der Waals surface area contributed by atoms with Crippen LogP contribution in [-0.4, -0.2) is 5.91 Å². The SMILES string of the molecule is Cc1cccc(NC(=O)c2ccc(Br)c(F)c2)c1Br. The van der Waals surface area contributed by atoms with Gasteiger partial charge in [0.1, 0.15) is 5.82 Å². The summed E-state index contributed by atoms with van der Waals surface area (Å²) in [6.07, 6.45) is 0. The van der Waals surface area contributed by atoms with Crippen LogP contribution < -0.4 is 5.32 Å². The Morgan fingerprint density at radius 3 is 2.63 bits per heavy atom. The lowest BCUT2D eigenvalue weighted by Gasteiger charge is -2.09. The van der Waals surface area contributed by atoms with Crippen molar-refractivity contribution in [2.45, 2.75) is 6.92 Å². The topological polar surface area (TPSA) is 29.1 Å². The lowest BCUT2D eigenvalue weighted by atomic mass is 10.2. The van der Waals surface area contributed by atoms with E-state index in [9.17, 15) is 9.18 Å². The third-order valence-corrected chi connectivity index (χ3v) is 4.32. The number of carbonyl (C=O) groups is 1. The molecule has 2 rings (SSSR count). The molecule has 0 aliphatic rings. The Kier molecular flexibility index (Phi) is 4.37. The second-order valence-electron chi connectivity index (χ2n) is 4.02. The van der Waals surface area contributed by atoms with E-state index in [1.54, 1.807) is 12.1 Å². The molecule has 0 fully saturated rings. The number of rotatable bonds is 2. The summed E-state index contributed by atoms with van der Waals surface area (Å²) in [7, 11) is 0. The Hall–Kier alpha value is -1.20. The number of benzene rings is 2. The first kappa shape index (κ1) is 14.2. The lowest BCUT2D eigenvalue weighted by molar-refractivity contribution is 0.102. The summed E-state index contributed by atoms with van der Waals surface area (Å²) < 4.78 is 14.5. The number of hydrogen-bond donors (Lipinski definition) is 1. The standard InChI is InChI=1S/C14H10Br2FNO/c1-8-3-2-4-12(13(8)16)18-14(19)9-5-6-10(15)11(17)7-9/h2-7H,1H3,(H,18,19). The van der Waals surface area contributed by atoms with Gasteiger partial charge in [0.25, 0.3) is 5.91 Å². The summed E-state index contributed by atoms with van der Waals surface area (Å²) >= 11 is 6.46. The van der Waals surface area contributed by atoms with Crippen molar-refractivity contribution in [1.29, 1.82) is 0 Å². The van der Waals surface area contributed by atoms with E-state index < -0.39 is 5.82 Å². The molecule has 0 aliphatic carbocycles. The molecular formula is C14H10Br2FNO. The number of halogens is 3. The molecule has 19 heavy (non-hydrogen) atoms. The molecule has 0 spiro atoms. The van der Waals surface area contributed by atoms with Crippen LogP contribution in [0.25, 0.3) is 0 Å². The Bertz CT molecular complexity index is 643. The quantitative estimate of drug-likeness (QED) is 0.780. The number of nitrogens with one attached hydrogen (secondary N) is 1. The molecule has 0 heterocycles. The summed E-state index contributed by atoms with van der Waals surface area (Å²) in [4.78, 5) is 12.0. The molecule has 5 heteroatoms. The molecular weight excluding hydrogens is 377 g/mol. The van der Waals surface area contributed by atoms with Gasteiger partial charge in [-0.25, -0.2) is 4.39 Å². The monoisotopic (exact) mass is 385 g/mol. The maximum atomic E-state index is 13.4. The Morgan fingerprint density at radius 1 is 1.21 bits per heavy atom. The smallest absolute Gasteiger partial charge is 0.255 e. The fourth-order valence-electron chi connectivity index (χ4n) is 1.58. The molecule has 0 unspecified atom stereocenters. The highest BCUT2D eigenvalue weighted by molar-refractivity contribution is 9.11. The van der Waals surface area contributed by atoms with Gasteiger partial charge in [0.2, 0.25) is 0 Å². The first-order valence-electron chi connectivity index (χ1n) is 5.50. The van der Waals surface area contributed by atoms with Crippen LogP contribution in [0, 0.1) is 12.7 Å². The van der Waals surface area contributed by atoms with Crippen molar-refractivity contribution < 1.29 is 9.18 Å². The van der Waals surface area contributed by atoms with Gasteiger partial charge in [-0.3, -0.25) is 4.79 Å². The van der Waals surface area contributed by atoms with Crippen molar-refractivity contribution >= 4 is 43.5 Å². The largest absolute Gasteiger partial charge is 0.321 e. The third-order valence-electron chi connectivity index (χ3n) is 2.62. The van der Waals surface area contributed by atoms with Crippen molar-refractivity contribution in [3.05, 3.63) is 62.3 Å². The van der Waals surface area contributed by atoms with E-state index in [4.69, 9.17) is 0 Å². The lowest BCUT2D eigenvalue weighted by Crippen LogP contribution is -2.12. The first-order chi connectivity index (χ1) is 8.99. The summed E-state index contributed by atoms with van der Waals surface area (Å²) in [6.45, 7) is 1.93. The fourth-order valence-corrected chi connectivity index (χ4v) is 2.19. The van der Waals surface area contributed by atoms with E-state index in [1.165, 1.54) is 12.1 Å². The van der Waals surface area contributed by atoms with E-state index in [0.717, 1.165) is 10.0 Å². The molecule has 2 aromatic rings. The zero-order chi connectivity index (χ0) is 14.0. The van der Waals surface area contributed by atoms with Crippen LogP contribution in [0.3, 0.4) is 0 Å². The van der Waals surface area contributed by atoms with Gasteiger partial charge in [0.15, 0.2) is 0 Å². The average Bonchev–Trinajstić information content (AvgIpc) is 2.38. The molecule has 98 valence electrons. The Labute approximate surface area is 127 Å². The van der Waals surface area contributed by atoms with Crippen molar-refractivity contribution in [1.82, 2.24) is 0 Å². The van der Waals surface area contributed by atoms with Crippen molar-refractivity contribution in [3.8, 4) is 0 Å². The Morgan fingerprint density at radius 2 is 1.95 bits per heavy atom. The predicted octanol–water partition coefficient (Wildman–Crippen LogP) is 4.91. The van der Waals surface area contributed by atoms with Gasteiger partial charge in [-0.1, -0.05) is 12.1 Å². The average molecular weight is 387 g/mol. The second kappa shape index (κ2) is 5.84. The molecule has 1 N–H and O–H groups in total. The van der Waals surface area contributed by atoms with Gasteiger partial charge in [0, 0.05) is 10.0 Å². The zero-order valence-corrected chi connectivity index (χ0v) is 13.2. The minimum absolute atomic E-state index is 0.272. The van der Waals surface area contributed by atoms with Crippen LogP contribution in [0.1, 0.15) is 15.9 Å². The fraction of sp³-hybridized carbons (Fsp3) is 0.0714. The van der Waals surface area contributed by atoms with E-state index >= 15 is 0 Å². The van der Waals surface area contributed by atoms with Crippen molar-refractivity contribution in [2.24, 2.45) is 0 Å². The molecule has 0 saturated carbocycles. The number of anilines is 1. The van der Waals surface area contributed by atoms with Gasteiger partial charge in [-0.2, -0.15) is 0 Å². The number of amides is 1. The first-order valence-corrected chi connectivity index (χ1v) is 7.09. The van der Waals surface area contributed by atoms with Crippen molar-refractivity contribution in [2.75, 3.05) is 5.32 Å². The molecule has 0 aromatic heterocycles. The second-order valence-corrected chi connectivity index (χ2v) is 5.67. The minimum Gasteiger partial charge on any atom is -0.321 e. The molecule has 0 aliphatic heterocycles. The summed E-state index contributed by atoms with van der Waals surface area (Å²) in [6, 6.07) is 9.83. The zero-order valence-electron chi connectivity index (χ0n) is 10.0. The van der Waals surface area contributed by atoms with Gasteiger partial charge >= 0.3 is 0 Å². The maximum absolute atomic E-state index is 13.4. The van der Waals surface area contributed by atoms with Crippen molar-refractivity contribution in [3.63, 3.8) is 0 Å². The van der Waals surface area contributed by atoms with Gasteiger partial charge < -0.3 is 5.32 Å². The molecule has 2 aromatic carbocycles. The molecule has 0 bridgehead atoms. The predicted molar refractivity (Wildman–Crippen MR) is 80.9 cm³/mol. The summed E-state index contributed by atoms with van der Waals surface area (Å²) in [5, 5.41) is 2.75. The van der Waals surface area contributed by atoms with Crippen LogP contribution >= 0.6 is 31.9 Å². The van der Waals surface area contributed by atoms with Crippen LogP contribution in [0.2, 0.25) is 0 Å². The highest BCUT2D eigenvalue weighted by Crippen LogP contribution is 2.26. The van der Waals surface area contributed by atoms with Crippen LogP contribution in [-0.2, 0) is 0 Å². The van der Waals surface area contributed by atoms with E-state index in [-0.39, 0.29) is 11.5 Å². The van der Waals surface area contributed by atoms with Crippen LogP contribution in [0.4, 0.5) is 10.1 Å². The van der Waals surface area contributed by atoms with E-state index in [1.807, 2.05) is 19.1 Å². The molecule has 0 radical (unpaired) electrons. The summed E-state index contributed by atoms with van der Waals surface area (Å²) in [5.41, 5.74) is 1.95. The summed E-state index contributed by atoms with van der Waals surface area (Å²) in [5.74, 6) is -0.811. The normalized spacial score (nSPS) is 10.3.